The fraction of sp³-hybridized carbons (Fsp3) is 0.286. The Hall–Kier alpha value is -1.56. The standard InChI is InChI=1S/C14H14N4OS3/c1-20-13-16-17-14(22-13)21-10-12(19)18(9-5-8-15)11-6-3-2-4-7-11/h2-4,6-7H,5,9-10H2,1H3. The summed E-state index contributed by atoms with van der Waals surface area (Å²) in [5, 5.41) is 16.8. The van der Waals surface area contributed by atoms with Gasteiger partial charge in [0.1, 0.15) is 0 Å². The van der Waals surface area contributed by atoms with Gasteiger partial charge in [-0.25, -0.2) is 0 Å². The van der Waals surface area contributed by atoms with Gasteiger partial charge in [-0.1, -0.05) is 53.1 Å². The van der Waals surface area contributed by atoms with Gasteiger partial charge in [-0.3, -0.25) is 4.79 Å². The van der Waals surface area contributed by atoms with E-state index in [1.807, 2.05) is 36.6 Å². The van der Waals surface area contributed by atoms with Crippen molar-refractivity contribution < 1.29 is 4.79 Å². The van der Waals surface area contributed by atoms with Gasteiger partial charge in [-0.2, -0.15) is 5.26 Å². The third-order valence-electron chi connectivity index (χ3n) is 2.70. The van der Waals surface area contributed by atoms with Crippen LogP contribution in [0.4, 0.5) is 5.69 Å². The zero-order valence-corrected chi connectivity index (χ0v) is 14.4. The highest BCUT2D eigenvalue weighted by molar-refractivity contribution is 8.03. The van der Waals surface area contributed by atoms with E-state index in [0.29, 0.717) is 13.0 Å². The maximum Gasteiger partial charge on any atom is 0.237 e. The second kappa shape index (κ2) is 8.78. The number of rotatable bonds is 7. The Labute approximate surface area is 141 Å². The first-order valence-corrected chi connectivity index (χ1v) is 9.50. The summed E-state index contributed by atoms with van der Waals surface area (Å²) in [5.74, 6) is 0.246. The molecular weight excluding hydrogens is 336 g/mol. The molecular formula is C14H14N4OS3. The predicted octanol–water partition coefficient (Wildman–Crippen LogP) is 3.30. The lowest BCUT2D eigenvalue weighted by atomic mass is 10.2. The van der Waals surface area contributed by atoms with Crippen LogP contribution in [-0.2, 0) is 4.79 Å². The van der Waals surface area contributed by atoms with E-state index in [0.717, 1.165) is 14.4 Å². The second-order valence-corrected chi connectivity index (χ2v) is 7.37. The summed E-state index contributed by atoms with van der Waals surface area (Å²) >= 11 is 4.40. The fourth-order valence-electron chi connectivity index (χ4n) is 1.71. The first-order valence-electron chi connectivity index (χ1n) is 6.47. The number of carbonyl (C=O) groups is 1. The molecule has 0 fully saturated rings. The number of para-hydroxylation sites is 1. The van der Waals surface area contributed by atoms with E-state index in [2.05, 4.69) is 16.3 Å². The lowest BCUT2D eigenvalue weighted by molar-refractivity contribution is -0.116. The Balaban J connectivity index is 2.01. The van der Waals surface area contributed by atoms with E-state index in [4.69, 9.17) is 5.26 Å². The van der Waals surface area contributed by atoms with Crippen LogP contribution in [0.15, 0.2) is 39.0 Å². The van der Waals surface area contributed by atoms with E-state index >= 15 is 0 Å². The number of amides is 1. The fourth-order valence-corrected chi connectivity index (χ4v) is 4.02. The Morgan fingerprint density at radius 2 is 2.05 bits per heavy atom. The highest BCUT2D eigenvalue weighted by atomic mass is 32.2. The number of nitrogens with zero attached hydrogens (tertiary/aromatic N) is 4. The number of carbonyl (C=O) groups excluding carboxylic acids is 1. The molecule has 1 amide bonds. The number of hydrogen-bond donors (Lipinski definition) is 0. The quantitative estimate of drug-likeness (QED) is 0.714. The zero-order chi connectivity index (χ0) is 15.8. The molecule has 0 atom stereocenters. The summed E-state index contributed by atoms with van der Waals surface area (Å²) < 4.78 is 1.67. The van der Waals surface area contributed by atoms with Gasteiger partial charge in [0.25, 0.3) is 0 Å². The maximum absolute atomic E-state index is 12.4. The molecule has 0 unspecified atom stereocenters. The van der Waals surface area contributed by atoms with Crippen molar-refractivity contribution in [3.8, 4) is 6.07 Å². The van der Waals surface area contributed by atoms with Crippen LogP contribution < -0.4 is 4.90 Å². The predicted molar refractivity (Wildman–Crippen MR) is 91.4 cm³/mol. The summed E-state index contributed by atoms with van der Waals surface area (Å²) in [5.41, 5.74) is 0.811. The number of hydrogen-bond acceptors (Lipinski definition) is 7. The molecule has 2 rings (SSSR count). The van der Waals surface area contributed by atoms with Gasteiger partial charge in [-0.15, -0.1) is 10.2 Å². The molecule has 5 nitrogen and oxygen atoms in total. The Bertz CT molecular complexity index is 654. The molecule has 0 saturated heterocycles. The third-order valence-corrected chi connectivity index (χ3v) is 5.71. The summed E-state index contributed by atoms with van der Waals surface area (Å²) in [6.07, 6.45) is 2.25. The normalized spacial score (nSPS) is 10.2. The lowest BCUT2D eigenvalue weighted by Crippen LogP contribution is -2.33. The SMILES string of the molecule is CSc1nnc(SCC(=O)N(CCC#N)c2ccccc2)s1. The molecule has 0 saturated carbocycles. The van der Waals surface area contributed by atoms with E-state index < -0.39 is 0 Å². The van der Waals surface area contributed by atoms with Gasteiger partial charge in [0.15, 0.2) is 8.68 Å². The summed E-state index contributed by atoms with van der Waals surface area (Å²) in [7, 11) is 0. The third kappa shape index (κ3) is 4.73. The molecule has 0 bridgehead atoms. The molecule has 0 radical (unpaired) electrons. The molecule has 1 heterocycles. The number of benzene rings is 1. The first-order chi connectivity index (χ1) is 10.7. The van der Waals surface area contributed by atoms with Gasteiger partial charge < -0.3 is 4.90 Å². The molecule has 8 heteroatoms. The van der Waals surface area contributed by atoms with Gasteiger partial charge in [0, 0.05) is 12.2 Å². The van der Waals surface area contributed by atoms with Crippen LogP contribution in [0.3, 0.4) is 0 Å². The topological polar surface area (TPSA) is 69.9 Å². The second-order valence-electron chi connectivity index (χ2n) is 4.12. The van der Waals surface area contributed by atoms with Crippen molar-refractivity contribution in [2.45, 2.75) is 15.1 Å². The molecule has 0 aliphatic rings. The van der Waals surface area contributed by atoms with Gasteiger partial charge in [0.2, 0.25) is 5.91 Å². The minimum atomic E-state index is -0.0349. The van der Waals surface area contributed by atoms with Crippen molar-refractivity contribution >= 4 is 46.5 Å². The lowest BCUT2D eigenvalue weighted by Gasteiger charge is -2.21. The van der Waals surface area contributed by atoms with Crippen molar-refractivity contribution in [1.29, 1.82) is 5.26 Å². The highest BCUT2D eigenvalue weighted by Gasteiger charge is 2.16. The number of nitriles is 1. The van der Waals surface area contributed by atoms with E-state index in [1.165, 1.54) is 34.9 Å². The highest BCUT2D eigenvalue weighted by Crippen LogP contribution is 2.28. The van der Waals surface area contributed by atoms with Crippen LogP contribution in [0.5, 0.6) is 0 Å². The van der Waals surface area contributed by atoms with Crippen LogP contribution in [-0.4, -0.2) is 34.7 Å². The molecule has 0 N–H and O–H groups in total. The van der Waals surface area contributed by atoms with Crippen LogP contribution in [0, 0.1) is 11.3 Å². The smallest absolute Gasteiger partial charge is 0.237 e. The summed E-state index contributed by atoms with van der Waals surface area (Å²) in [4.78, 5) is 14.1. The van der Waals surface area contributed by atoms with Crippen molar-refractivity contribution in [3.63, 3.8) is 0 Å². The van der Waals surface area contributed by atoms with Crippen molar-refractivity contribution in [2.75, 3.05) is 23.5 Å². The minimum Gasteiger partial charge on any atom is -0.311 e. The minimum absolute atomic E-state index is 0.0349. The Kier molecular flexibility index (Phi) is 6.71. The molecule has 0 aliphatic heterocycles. The van der Waals surface area contributed by atoms with Crippen LogP contribution in [0.25, 0.3) is 0 Å². The number of aromatic nitrogens is 2. The van der Waals surface area contributed by atoms with E-state index in [1.54, 1.807) is 4.90 Å². The molecule has 114 valence electrons. The van der Waals surface area contributed by atoms with E-state index in [9.17, 15) is 4.79 Å². The average Bonchev–Trinajstić information content (AvgIpc) is 3.02. The number of thioether (sulfide) groups is 2. The van der Waals surface area contributed by atoms with Crippen LogP contribution >= 0.6 is 34.9 Å². The number of anilines is 1. The van der Waals surface area contributed by atoms with Gasteiger partial charge in [0.05, 0.1) is 18.2 Å². The first kappa shape index (κ1) is 16.8. The molecule has 22 heavy (non-hydrogen) atoms. The molecule has 0 aliphatic carbocycles. The van der Waals surface area contributed by atoms with Crippen LogP contribution in [0.2, 0.25) is 0 Å². The molecule has 1 aromatic heterocycles. The van der Waals surface area contributed by atoms with Crippen molar-refractivity contribution in [3.05, 3.63) is 30.3 Å². The van der Waals surface area contributed by atoms with Crippen molar-refractivity contribution in [1.82, 2.24) is 10.2 Å². The van der Waals surface area contributed by atoms with Crippen molar-refractivity contribution in [2.24, 2.45) is 0 Å². The van der Waals surface area contributed by atoms with Gasteiger partial charge in [-0.05, 0) is 18.4 Å². The van der Waals surface area contributed by atoms with Gasteiger partial charge >= 0.3 is 0 Å². The average molecular weight is 350 g/mol. The summed E-state index contributed by atoms with van der Waals surface area (Å²) in [6, 6.07) is 11.5. The summed E-state index contributed by atoms with van der Waals surface area (Å²) in [6.45, 7) is 0.395. The molecule has 0 spiro atoms. The zero-order valence-electron chi connectivity index (χ0n) is 11.9. The maximum atomic E-state index is 12.4. The monoisotopic (exact) mass is 350 g/mol. The Morgan fingerprint density at radius 1 is 1.32 bits per heavy atom. The molecule has 2 aromatic rings. The molecule has 1 aromatic carbocycles. The van der Waals surface area contributed by atoms with E-state index in [-0.39, 0.29) is 11.7 Å². The largest absolute Gasteiger partial charge is 0.311 e. The van der Waals surface area contributed by atoms with Crippen LogP contribution in [0.1, 0.15) is 6.42 Å². The Morgan fingerprint density at radius 3 is 2.68 bits per heavy atom.